The third-order valence-electron chi connectivity index (χ3n) is 8.85. The van der Waals surface area contributed by atoms with Crippen molar-refractivity contribution < 1.29 is 51.9 Å². The van der Waals surface area contributed by atoms with Gasteiger partial charge in [0, 0.05) is 49.2 Å². The number of amides is 4. The van der Waals surface area contributed by atoms with Gasteiger partial charge in [0.05, 0.1) is 19.6 Å². The summed E-state index contributed by atoms with van der Waals surface area (Å²) in [6.45, 7) is 9.31. The van der Waals surface area contributed by atoms with Gasteiger partial charge in [0.15, 0.2) is 0 Å². The Labute approximate surface area is 351 Å². The summed E-state index contributed by atoms with van der Waals surface area (Å²) in [7, 11) is 0.191. The van der Waals surface area contributed by atoms with E-state index in [0.29, 0.717) is 12.2 Å². The minimum atomic E-state index is -1.35. The Morgan fingerprint density at radius 2 is 1.34 bits per heavy atom. The lowest BCUT2D eigenvalue weighted by Crippen LogP contribution is -2.58. The summed E-state index contributed by atoms with van der Waals surface area (Å²) in [6.07, 6.45) is 6.03. The average Bonchev–Trinajstić information content (AvgIpc) is 3.17. The number of likely N-dealkylation sites (N-methyl/N-ethyl adjacent to an activating group) is 1. The summed E-state index contributed by atoms with van der Waals surface area (Å²) in [6, 6.07) is 11.7. The van der Waals surface area contributed by atoms with Crippen LogP contribution in [-0.4, -0.2) is 108 Å². The molecule has 0 saturated heterocycles. The zero-order valence-corrected chi connectivity index (χ0v) is 36.5. The van der Waals surface area contributed by atoms with E-state index in [4.69, 9.17) is 18.9 Å². The van der Waals surface area contributed by atoms with Crippen LogP contribution < -0.4 is 20.7 Å². The summed E-state index contributed by atoms with van der Waals surface area (Å²) in [5.41, 5.74) is 0.441. The van der Waals surface area contributed by atoms with Crippen LogP contribution in [0.3, 0.4) is 0 Å². The van der Waals surface area contributed by atoms with E-state index in [-0.39, 0.29) is 50.3 Å². The Morgan fingerprint density at radius 3 is 1.97 bits per heavy atom. The van der Waals surface area contributed by atoms with Gasteiger partial charge in [-0.15, -0.1) is 0 Å². The van der Waals surface area contributed by atoms with Gasteiger partial charge in [-0.25, -0.2) is 9.59 Å². The highest BCUT2D eigenvalue weighted by Crippen LogP contribution is 2.16. The minimum Gasteiger partial charge on any atom is -0.466 e. The molecule has 2 aromatic carbocycles. The molecule has 4 amide bonds. The van der Waals surface area contributed by atoms with Gasteiger partial charge < -0.3 is 39.8 Å². The van der Waals surface area contributed by atoms with Crippen molar-refractivity contribution in [2.75, 3.05) is 38.8 Å². The summed E-state index contributed by atoms with van der Waals surface area (Å²) in [4.78, 5) is 80.4. The highest BCUT2D eigenvalue weighted by atomic mass is 32.2. The molecule has 0 bridgehead atoms. The lowest BCUT2D eigenvalue weighted by molar-refractivity contribution is -0.145. The maximum atomic E-state index is 14.0. The van der Waals surface area contributed by atoms with Crippen molar-refractivity contribution in [3.8, 4) is 5.75 Å². The second-order valence-corrected chi connectivity index (χ2v) is 16.8. The fraction of sp³-hybridized carbons (Fsp3) is 0.581. The van der Waals surface area contributed by atoms with Crippen LogP contribution in [0.15, 0.2) is 54.6 Å². The van der Waals surface area contributed by atoms with Gasteiger partial charge in [0.2, 0.25) is 17.7 Å². The number of esters is 1. The van der Waals surface area contributed by atoms with Crippen LogP contribution in [0, 0.1) is 0 Å². The third-order valence-corrected chi connectivity index (χ3v) is 9.66. The first-order chi connectivity index (χ1) is 28.0. The molecule has 2 aromatic rings. The SMILES string of the molecule is CCCCCCCCOC(=O)CCN(C)C(=O)[C@H](Cc1ccccc1)NC(=O)[C@@H](CCS(C)=O)NC(=O)[C@H](Cc1ccc(OC(=O)OCC)cc1)NC(=O)OC(C)(C)C. The molecule has 328 valence electrons. The number of unbranched alkanes of at least 4 members (excludes halogenated alkanes) is 5. The Hall–Kier alpha value is -4.99. The Morgan fingerprint density at radius 1 is 0.746 bits per heavy atom. The molecule has 4 atom stereocenters. The van der Waals surface area contributed by atoms with E-state index in [9.17, 15) is 33.0 Å². The van der Waals surface area contributed by atoms with E-state index in [0.717, 1.165) is 37.7 Å². The smallest absolute Gasteiger partial charge is 0.466 e. The Bertz CT molecular complexity index is 1650. The van der Waals surface area contributed by atoms with Crippen LogP contribution in [0.2, 0.25) is 0 Å². The molecule has 16 heteroatoms. The molecular formula is C43H64N4O11S. The van der Waals surface area contributed by atoms with Crippen molar-refractivity contribution in [1.82, 2.24) is 20.9 Å². The number of hydrogen-bond acceptors (Lipinski definition) is 11. The molecule has 1 unspecified atom stereocenters. The van der Waals surface area contributed by atoms with Crippen molar-refractivity contribution >= 4 is 46.7 Å². The highest BCUT2D eigenvalue weighted by Gasteiger charge is 2.32. The molecular weight excluding hydrogens is 781 g/mol. The van der Waals surface area contributed by atoms with Crippen molar-refractivity contribution in [2.45, 2.75) is 123 Å². The lowest BCUT2D eigenvalue weighted by Gasteiger charge is -2.28. The van der Waals surface area contributed by atoms with E-state index in [1.165, 1.54) is 36.8 Å². The molecule has 0 radical (unpaired) electrons. The van der Waals surface area contributed by atoms with Gasteiger partial charge >= 0.3 is 18.2 Å². The fourth-order valence-electron chi connectivity index (χ4n) is 5.75. The van der Waals surface area contributed by atoms with Crippen LogP contribution in [0.4, 0.5) is 9.59 Å². The van der Waals surface area contributed by atoms with Gasteiger partial charge in [0.1, 0.15) is 29.5 Å². The van der Waals surface area contributed by atoms with Crippen LogP contribution in [0.25, 0.3) is 0 Å². The zero-order chi connectivity index (χ0) is 43.8. The fourth-order valence-corrected chi connectivity index (χ4v) is 6.32. The molecule has 2 rings (SSSR count). The van der Waals surface area contributed by atoms with Gasteiger partial charge in [-0.1, -0.05) is 81.5 Å². The van der Waals surface area contributed by atoms with E-state index >= 15 is 0 Å². The molecule has 0 fully saturated rings. The van der Waals surface area contributed by atoms with Crippen molar-refractivity contribution in [3.05, 3.63) is 65.7 Å². The topological polar surface area (TPSA) is 196 Å². The monoisotopic (exact) mass is 844 g/mol. The first-order valence-electron chi connectivity index (χ1n) is 20.3. The summed E-state index contributed by atoms with van der Waals surface area (Å²) < 4.78 is 32.9. The number of benzene rings is 2. The van der Waals surface area contributed by atoms with E-state index < -0.39 is 70.5 Å². The first-order valence-corrected chi connectivity index (χ1v) is 22.0. The van der Waals surface area contributed by atoms with Crippen LogP contribution in [-0.2, 0) is 57.0 Å². The number of nitrogens with zero attached hydrogens (tertiary/aromatic N) is 1. The minimum absolute atomic E-state index is 0.0295. The van der Waals surface area contributed by atoms with Crippen molar-refractivity contribution in [1.29, 1.82) is 0 Å². The normalized spacial score (nSPS) is 13.1. The third kappa shape index (κ3) is 21.5. The largest absolute Gasteiger partial charge is 0.513 e. The number of carbonyl (C=O) groups excluding carboxylic acids is 6. The first kappa shape index (κ1) is 50.2. The number of ether oxygens (including phenoxy) is 4. The predicted molar refractivity (Wildman–Crippen MR) is 225 cm³/mol. The summed E-state index contributed by atoms with van der Waals surface area (Å²) in [5.74, 6) is -2.09. The molecule has 59 heavy (non-hydrogen) atoms. The Kier molecular flexibility index (Phi) is 22.9. The second-order valence-electron chi connectivity index (χ2n) is 15.2. The molecule has 3 N–H and O–H groups in total. The van der Waals surface area contributed by atoms with Gasteiger partial charge in [0.25, 0.3) is 0 Å². The molecule has 0 aliphatic heterocycles. The number of hydrogen-bond donors (Lipinski definition) is 3. The van der Waals surface area contributed by atoms with Crippen molar-refractivity contribution in [2.24, 2.45) is 0 Å². The molecule has 0 saturated carbocycles. The zero-order valence-electron chi connectivity index (χ0n) is 35.7. The maximum Gasteiger partial charge on any atom is 0.513 e. The van der Waals surface area contributed by atoms with Crippen molar-refractivity contribution in [3.63, 3.8) is 0 Å². The molecule has 0 spiro atoms. The van der Waals surface area contributed by atoms with Crippen LogP contribution in [0.5, 0.6) is 5.75 Å². The van der Waals surface area contributed by atoms with E-state index in [2.05, 4.69) is 22.9 Å². The quantitative estimate of drug-likeness (QED) is 0.0502. The maximum absolute atomic E-state index is 14.0. The van der Waals surface area contributed by atoms with Crippen LogP contribution >= 0.6 is 0 Å². The standard InChI is InChI=1S/C43H64N4O11S/c1-8-10-11-12-13-17-27-56-37(48)24-26-47(6)40(51)36(30-31-18-15-14-16-19-31)45-38(49)34(25-28-59(7)54)44-39(50)35(46-41(52)58-43(3,4)5)29-32-20-22-33(23-21-32)57-42(53)55-9-2/h14-16,18-23,34-36H,8-13,17,24-30H2,1-7H3,(H,44,50)(H,45,49)(H,46,52)/t34-,35+,36+,59?/m1/s1. The number of nitrogens with one attached hydrogen (secondary N) is 3. The predicted octanol–water partition coefficient (Wildman–Crippen LogP) is 5.39. The lowest BCUT2D eigenvalue weighted by atomic mass is 10.0. The van der Waals surface area contributed by atoms with Crippen LogP contribution in [0.1, 0.15) is 97.1 Å². The van der Waals surface area contributed by atoms with E-state index in [1.54, 1.807) is 52.0 Å². The number of alkyl carbamates (subject to hydrolysis) is 1. The Balaban J connectivity index is 2.26. The summed E-state index contributed by atoms with van der Waals surface area (Å²) >= 11 is 0. The molecule has 0 aromatic heterocycles. The number of rotatable bonds is 25. The average molecular weight is 845 g/mol. The molecule has 0 aliphatic rings. The molecule has 0 aliphatic carbocycles. The van der Waals surface area contributed by atoms with Gasteiger partial charge in [-0.3, -0.25) is 23.4 Å². The number of carbonyl (C=O) groups is 6. The van der Waals surface area contributed by atoms with E-state index in [1.807, 2.05) is 18.2 Å². The summed E-state index contributed by atoms with van der Waals surface area (Å²) in [5, 5.41) is 8.08. The molecule has 0 heterocycles. The molecule has 15 nitrogen and oxygen atoms in total. The highest BCUT2D eigenvalue weighted by molar-refractivity contribution is 7.84. The van der Waals surface area contributed by atoms with Gasteiger partial charge in [-0.2, -0.15) is 0 Å². The van der Waals surface area contributed by atoms with Gasteiger partial charge in [-0.05, 0) is 63.8 Å². The second kappa shape index (κ2) is 26.9.